The van der Waals surface area contributed by atoms with E-state index < -0.39 is 11.9 Å². The summed E-state index contributed by atoms with van der Waals surface area (Å²) in [7, 11) is 0. The molecule has 1 N–H and O–H groups in total. The maximum Gasteiger partial charge on any atom is 0.266 e. The second kappa shape index (κ2) is 6.53. The Bertz CT molecular complexity index is 1340. The molecule has 2 heterocycles. The Labute approximate surface area is 165 Å². The standard InChI is InChI=1S/C23H15N3O3/c27-20(14-8-2-1-3-9-14)19-21-24-17-12-6-4-10-15(17)23(29)26(21)18-13-7-5-11-16(18)22(28)25-19/h1-13,19H,(H,25,28). The van der Waals surface area contributed by atoms with E-state index in [1.165, 1.54) is 4.57 Å². The third-order valence-electron chi connectivity index (χ3n) is 5.05. The first-order valence-corrected chi connectivity index (χ1v) is 9.16. The van der Waals surface area contributed by atoms with E-state index in [-0.39, 0.29) is 17.2 Å². The minimum absolute atomic E-state index is 0.195. The van der Waals surface area contributed by atoms with Crippen LogP contribution in [0, 0.1) is 0 Å². The van der Waals surface area contributed by atoms with E-state index in [4.69, 9.17) is 0 Å². The molecule has 0 radical (unpaired) electrons. The lowest BCUT2D eigenvalue weighted by atomic mass is 10.0. The van der Waals surface area contributed by atoms with Crippen LogP contribution in [0.5, 0.6) is 0 Å². The number of amides is 1. The van der Waals surface area contributed by atoms with Gasteiger partial charge in [0.1, 0.15) is 5.82 Å². The van der Waals surface area contributed by atoms with Crippen LogP contribution in [0.1, 0.15) is 32.6 Å². The molecule has 6 nitrogen and oxygen atoms in total. The molecular weight excluding hydrogens is 366 g/mol. The number of hydrogen-bond donors (Lipinski definition) is 1. The highest BCUT2D eigenvalue weighted by atomic mass is 16.2. The van der Waals surface area contributed by atoms with Gasteiger partial charge in [0, 0.05) is 5.56 Å². The summed E-state index contributed by atoms with van der Waals surface area (Å²) in [6.45, 7) is 0. The monoisotopic (exact) mass is 381 g/mol. The minimum atomic E-state index is -1.09. The van der Waals surface area contributed by atoms with Crippen molar-refractivity contribution >= 4 is 22.6 Å². The molecule has 0 aliphatic carbocycles. The maximum absolute atomic E-state index is 13.4. The van der Waals surface area contributed by atoms with Gasteiger partial charge in [0.2, 0.25) is 0 Å². The first-order valence-electron chi connectivity index (χ1n) is 9.16. The molecule has 5 rings (SSSR count). The van der Waals surface area contributed by atoms with Gasteiger partial charge in [-0.3, -0.25) is 19.0 Å². The summed E-state index contributed by atoms with van der Waals surface area (Å²) in [5, 5.41) is 3.19. The molecule has 1 unspecified atom stereocenters. The van der Waals surface area contributed by atoms with E-state index in [0.717, 1.165) is 0 Å². The van der Waals surface area contributed by atoms with Crippen molar-refractivity contribution < 1.29 is 9.59 Å². The van der Waals surface area contributed by atoms with Crippen LogP contribution >= 0.6 is 0 Å². The fourth-order valence-corrected chi connectivity index (χ4v) is 3.66. The second-order valence-corrected chi connectivity index (χ2v) is 6.78. The average Bonchev–Trinajstić information content (AvgIpc) is 2.89. The van der Waals surface area contributed by atoms with Gasteiger partial charge in [-0.15, -0.1) is 0 Å². The Kier molecular flexibility index (Phi) is 3.84. The SMILES string of the molecule is O=C1NC(C(=O)c2ccccc2)c2nc3ccccc3c(=O)n2-c2ccccc21. The minimum Gasteiger partial charge on any atom is -0.335 e. The van der Waals surface area contributed by atoms with E-state index >= 15 is 0 Å². The smallest absolute Gasteiger partial charge is 0.266 e. The van der Waals surface area contributed by atoms with Crippen LogP contribution in [0.25, 0.3) is 16.6 Å². The quantitative estimate of drug-likeness (QED) is 0.541. The summed E-state index contributed by atoms with van der Waals surface area (Å²) in [6, 6.07) is 21.3. The number of rotatable bonds is 2. The van der Waals surface area contributed by atoms with Crippen molar-refractivity contribution in [3.63, 3.8) is 0 Å². The lowest BCUT2D eigenvalue weighted by molar-refractivity contribution is 0.0856. The van der Waals surface area contributed by atoms with Crippen molar-refractivity contribution in [1.82, 2.24) is 14.9 Å². The number of nitrogens with one attached hydrogen (secondary N) is 1. The van der Waals surface area contributed by atoms with Gasteiger partial charge in [-0.05, 0) is 24.3 Å². The summed E-state index contributed by atoms with van der Waals surface area (Å²) in [4.78, 5) is 44.2. The summed E-state index contributed by atoms with van der Waals surface area (Å²) < 4.78 is 1.38. The van der Waals surface area contributed by atoms with Gasteiger partial charge in [0.05, 0.1) is 22.2 Å². The summed E-state index contributed by atoms with van der Waals surface area (Å²) in [6.07, 6.45) is 0. The first kappa shape index (κ1) is 17.1. The normalized spacial score (nSPS) is 15.2. The lowest BCUT2D eigenvalue weighted by Gasteiger charge is -2.18. The molecule has 0 fully saturated rings. The number of carbonyl (C=O) groups excluding carboxylic acids is 2. The summed E-state index contributed by atoms with van der Waals surface area (Å²) in [5.74, 6) is -0.563. The molecule has 1 atom stereocenters. The van der Waals surface area contributed by atoms with Crippen LogP contribution in [0.2, 0.25) is 0 Å². The highest BCUT2D eigenvalue weighted by Gasteiger charge is 2.34. The molecule has 0 spiro atoms. The number of aromatic nitrogens is 2. The number of fused-ring (bicyclic) bond motifs is 4. The van der Waals surface area contributed by atoms with Gasteiger partial charge in [0.15, 0.2) is 11.8 Å². The van der Waals surface area contributed by atoms with Crippen LogP contribution < -0.4 is 10.9 Å². The van der Waals surface area contributed by atoms with E-state index in [1.807, 2.05) is 6.07 Å². The Morgan fingerprint density at radius 2 is 1.55 bits per heavy atom. The fourth-order valence-electron chi connectivity index (χ4n) is 3.66. The Morgan fingerprint density at radius 3 is 2.38 bits per heavy atom. The number of carbonyl (C=O) groups is 2. The van der Waals surface area contributed by atoms with Crippen LogP contribution in [0.15, 0.2) is 83.7 Å². The summed E-state index contributed by atoms with van der Waals surface area (Å²) in [5.41, 5.74) is 1.31. The number of nitrogens with zero attached hydrogens (tertiary/aromatic N) is 2. The topological polar surface area (TPSA) is 81.1 Å². The van der Waals surface area contributed by atoms with Gasteiger partial charge in [-0.1, -0.05) is 54.6 Å². The molecule has 0 bridgehead atoms. The molecule has 3 aromatic carbocycles. The highest BCUT2D eigenvalue weighted by Crippen LogP contribution is 2.26. The van der Waals surface area contributed by atoms with Crippen LogP contribution in [0.4, 0.5) is 0 Å². The van der Waals surface area contributed by atoms with E-state index in [2.05, 4.69) is 10.3 Å². The van der Waals surface area contributed by atoms with Crippen molar-refractivity contribution in [3.05, 3.63) is 106 Å². The number of para-hydroxylation sites is 2. The van der Waals surface area contributed by atoms with E-state index in [9.17, 15) is 14.4 Å². The third kappa shape index (κ3) is 2.65. The molecule has 1 aromatic heterocycles. The van der Waals surface area contributed by atoms with Crippen molar-refractivity contribution in [1.29, 1.82) is 0 Å². The highest BCUT2D eigenvalue weighted by molar-refractivity contribution is 6.06. The predicted octanol–water partition coefficient (Wildman–Crippen LogP) is 3.05. The molecule has 6 heteroatoms. The largest absolute Gasteiger partial charge is 0.335 e. The van der Waals surface area contributed by atoms with Gasteiger partial charge in [0.25, 0.3) is 11.5 Å². The molecule has 1 aliphatic heterocycles. The fraction of sp³-hybridized carbons (Fsp3) is 0.0435. The molecule has 4 aromatic rings. The van der Waals surface area contributed by atoms with Crippen molar-refractivity contribution in [3.8, 4) is 5.69 Å². The van der Waals surface area contributed by atoms with Crippen molar-refractivity contribution in [2.75, 3.05) is 0 Å². The van der Waals surface area contributed by atoms with E-state index in [0.29, 0.717) is 27.7 Å². The average molecular weight is 381 g/mol. The van der Waals surface area contributed by atoms with Crippen LogP contribution in [0.3, 0.4) is 0 Å². The van der Waals surface area contributed by atoms with Gasteiger partial charge in [-0.2, -0.15) is 0 Å². The lowest BCUT2D eigenvalue weighted by Crippen LogP contribution is -2.35. The van der Waals surface area contributed by atoms with Gasteiger partial charge >= 0.3 is 0 Å². The predicted molar refractivity (Wildman–Crippen MR) is 108 cm³/mol. The Balaban J connectivity index is 1.85. The Hall–Kier alpha value is -4.06. The van der Waals surface area contributed by atoms with Crippen molar-refractivity contribution in [2.24, 2.45) is 0 Å². The van der Waals surface area contributed by atoms with Crippen LogP contribution in [-0.4, -0.2) is 21.2 Å². The van der Waals surface area contributed by atoms with E-state index in [1.54, 1.807) is 72.8 Å². The number of ketones is 1. The Morgan fingerprint density at radius 1 is 0.862 bits per heavy atom. The molecule has 29 heavy (non-hydrogen) atoms. The second-order valence-electron chi connectivity index (χ2n) is 6.78. The summed E-state index contributed by atoms with van der Waals surface area (Å²) >= 11 is 0. The van der Waals surface area contributed by atoms with Crippen molar-refractivity contribution in [2.45, 2.75) is 6.04 Å². The molecule has 1 amide bonds. The molecule has 0 saturated carbocycles. The molecule has 0 saturated heterocycles. The van der Waals surface area contributed by atoms with Gasteiger partial charge in [-0.25, -0.2) is 4.98 Å². The number of Topliss-reactive ketones (excluding diaryl/α,β-unsaturated/α-hetero) is 1. The number of benzene rings is 3. The molecule has 1 aliphatic rings. The molecule has 140 valence electrons. The van der Waals surface area contributed by atoms with Crippen LogP contribution in [-0.2, 0) is 0 Å². The van der Waals surface area contributed by atoms with Gasteiger partial charge < -0.3 is 5.32 Å². The molecular formula is C23H15N3O3. The zero-order valence-corrected chi connectivity index (χ0v) is 15.2. The third-order valence-corrected chi connectivity index (χ3v) is 5.05. The zero-order valence-electron chi connectivity index (χ0n) is 15.2. The maximum atomic E-state index is 13.4. The first-order chi connectivity index (χ1) is 14.1. The number of hydrogen-bond acceptors (Lipinski definition) is 4. The zero-order chi connectivity index (χ0) is 20.0.